The maximum atomic E-state index is 11.7. The van der Waals surface area contributed by atoms with Gasteiger partial charge in [-0.2, -0.15) is 0 Å². The van der Waals surface area contributed by atoms with E-state index in [9.17, 15) is 4.79 Å². The van der Waals surface area contributed by atoms with Crippen LogP contribution >= 0.6 is 0 Å². The molecule has 1 N–H and O–H groups in total. The van der Waals surface area contributed by atoms with E-state index in [4.69, 9.17) is 9.84 Å². The maximum absolute atomic E-state index is 11.7. The number of likely N-dealkylation sites (tertiary alicyclic amines) is 1. The third-order valence-corrected chi connectivity index (χ3v) is 3.43. The highest BCUT2D eigenvalue weighted by Crippen LogP contribution is 2.19. The molecule has 1 amide bonds. The average Bonchev–Trinajstić information content (AvgIpc) is 2.78. The molecule has 1 heterocycles. The van der Waals surface area contributed by atoms with Gasteiger partial charge in [0, 0.05) is 32.0 Å². The fourth-order valence-electron chi connectivity index (χ4n) is 2.41. The number of ether oxygens (including phenoxy) is 1. The third kappa shape index (κ3) is 3.70. The number of nitrogens with zero attached hydrogens (tertiary/aromatic N) is 1. The fraction of sp³-hybridized carbons (Fsp3) is 0.533. The lowest BCUT2D eigenvalue weighted by molar-refractivity contribution is -0.127. The molecular formula is C15H21NO3. The average molecular weight is 263 g/mol. The summed E-state index contributed by atoms with van der Waals surface area (Å²) < 4.78 is 5.46. The quantitative estimate of drug-likeness (QED) is 0.845. The Bertz CT molecular complexity index is 433. The van der Waals surface area contributed by atoms with Crippen molar-refractivity contribution in [1.29, 1.82) is 0 Å². The van der Waals surface area contributed by atoms with Crippen molar-refractivity contribution in [2.75, 3.05) is 26.3 Å². The van der Waals surface area contributed by atoms with Gasteiger partial charge in [-0.15, -0.1) is 0 Å². The molecule has 1 aliphatic rings. The second-order valence-electron chi connectivity index (χ2n) is 4.92. The molecule has 0 aromatic heterocycles. The summed E-state index contributed by atoms with van der Waals surface area (Å²) in [7, 11) is 0. The van der Waals surface area contributed by atoms with Crippen LogP contribution in [0.5, 0.6) is 5.75 Å². The van der Waals surface area contributed by atoms with Crippen LogP contribution < -0.4 is 4.74 Å². The summed E-state index contributed by atoms with van der Waals surface area (Å²) >= 11 is 0. The Kier molecular flexibility index (Phi) is 4.80. The lowest BCUT2D eigenvalue weighted by atomic mass is 10.1. The zero-order valence-electron chi connectivity index (χ0n) is 11.3. The molecule has 1 aromatic rings. The molecule has 0 radical (unpaired) electrons. The minimum absolute atomic E-state index is 0.0993. The molecule has 2 rings (SSSR count). The van der Waals surface area contributed by atoms with Crippen molar-refractivity contribution in [3.63, 3.8) is 0 Å². The van der Waals surface area contributed by atoms with Crippen LogP contribution in [0.15, 0.2) is 24.3 Å². The van der Waals surface area contributed by atoms with Gasteiger partial charge in [-0.1, -0.05) is 12.1 Å². The molecule has 1 unspecified atom stereocenters. The van der Waals surface area contributed by atoms with E-state index in [0.717, 1.165) is 12.2 Å². The Morgan fingerprint density at radius 3 is 3.00 bits per heavy atom. The zero-order valence-corrected chi connectivity index (χ0v) is 11.3. The Labute approximate surface area is 114 Å². The minimum Gasteiger partial charge on any atom is -0.494 e. The van der Waals surface area contributed by atoms with Crippen molar-refractivity contribution in [3.8, 4) is 5.75 Å². The minimum atomic E-state index is 0.0993. The molecule has 1 atom stereocenters. The smallest absolute Gasteiger partial charge is 0.223 e. The van der Waals surface area contributed by atoms with Gasteiger partial charge in [-0.05, 0) is 31.0 Å². The highest BCUT2D eigenvalue weighted by atomic mass is 16.5. The van der Waals surface area contributed by atoms with E-state index >= 15 is 0 Å². The number of carbonyl (C=O) groups is 1. The predicted octanol–water partition coefficient (Wildman–Crippen LogP) is 1.47. The first-order chi connectivity index (χ1) is 9.22. The molecule has 0 aliphatic carbocycles. The van der Waals surface area contributed by atoms with E-state index < -0.39 is 0 Å². The summed E-state index contributed by atoms with van der Waals surface area (Å²) in [6, 6.07) is 7.98. The summed E-state index contributed by atoms with van der Waals surface area (Å²) in [5, 5.41) is 9.09. The summed E-state index contributed by atoms with van der Waals surface area (Å²) in [4.78, 5) is 13.6. The predicted molar refractivity (Wildman–Crippen MR) is 73.1 cm³/mol. The summed E-state index contributed by atoms with van der Waals surface area (Å²) in [5.74, 6) is 1.14. The first-order valence-corrected chi connectivity index (χ1v) is 6.83. The normalized spacial score (nSPS) is 18.9. The van der Waals surface area contributed by atoms with Gasteiger partial charge in [0.25, 0.3) is 0 Å². The van der Waals surface area contributed by atoms with Gasteiger partial charge < -0.3 is 14.7 Å². The first-order valence-electron chi connectivity index (χ1n) is 6.83. The molecule has 4 heteroatoms. The van der Waals surface area contributed by atoms with E-state index in [1.54, 1.807) is 0 Å². The van der Waals surface area contributed by atoms with Crippen molar-refractivity contribution in [3.05, 3.63) is 29.8 Å². The monoisotopic (exact) mass is 263 g/mol. The van der Waals surface area contributed by atoms with Crippen molar-refractivity contribution < 1.29 is 14.6 Å². The number of amides is 1. The van der Waals surface area contributed by atoms with Crippen LogP contribution in [0.25, 0.3) is 0 Å². The first kappa shape index (κ1) is 13.9. The van der Waals surface area contributed by atoms with Gasteiger partial charge in [0.05, 0.1) is 6.61 Å². The van der Waals surface area contributed by atoms with Crippen molar-refractivity contribution in [2.24, 2.45) is 5.92 Å². The van der Waals surface area contributed by atoms with Crippen LogP contribution in [-0.2, 0) is 11.2 Å². The molecule has 1 fully saturated rings. The summed E-state index contributed by atoms with van der Waals surface area (Å²) in [5.41, 5.74) is 1.17. The summed E-state index contributed by atoms with van der Waals surface area (Å²) in [6.07, 6.45) is 1.31. The zero-order chi connectivity index (χ0) is 13.7. The number of aliphatic hydroxyl groups excluding tert-OH is 1. The number of rotatable bonds is 6. The van der Waals surface area contributed by atoms with Crippen molar-refractivity contribution in [1.82, 2.24) is 4.90 Å². The Hall–Kier alpha value is -1.55. The van der Waals surface area contributed by atoms with E-state index in [1.165, 1.54) is 5.56 Å². The number of aliphatic hydroxyl groups is 1. The molecule has 104 valence electrons. The maximum Gasteiger partial charge on any atom is 0.223 e. The number of hydrogen-bond donors (Lipinski definition) is 1. The SMILES string of the molecule is CCOc1cccc(CCN2CC(CO)CC2=O)c1. The lowest BCUT2D eigenvalue weighted by Gasteiger charge is -2.16. The standard InChI is InChI=1S/C15H21NO3/c1-2-19-14-5-3-4-12(8-14)6-7-16-10-13(11-17)9-15(16)18/h3-5,8,13,17H,2,6-7,9-11H2,1H3. The topological polar surface area (TPSA) is 49.8 Å². The van der Waals surface area contributed by atoms with Gasteiger partial charge in [0.15, 0.2) is 0 Å². The second-order valence-corrected chi connectivity index (χ2v) is 4.92. The van der Waals surface area contributed by atoms with Crippen LogP contribution in [0.1, 0.15) is 18.9 Å². The molecule has 1 aromatic carbocycles. The highest BCUT2D eigenvalue weighted by molar-refractivity contribution is 5.78. The lowest BCUT2D eigenvalue weighted by Crippen LogP contribution is -2.27. The molecule has 4 nitrogen and oxygen atoms in total. The number of hydrogen-bond acceptors (Lipinski definition) is 3. The van der Waals surface area contributed by atoms with Crippen LogP contribution in [0, 0.1) is 5.92 Å². The second kappa shape index (κ2) is 6.57. The molecule has 0 spiro atoms. The van der Waals surface area contributed by atoms with Gasteiger partial charge >= 0.3 is 0 Å². The van der Waals surface area contributed by atoms with E-state index in [-0.39, 0.29) is 18.4 Å². The van der Waals surface area contributed by atoms with E-state index in [2.05, 4.69) is 0 Å². The number of carbonyl (C=O) groups excluding carboxylic acids is 1. The molecule has 19 heavy (non-hydrogen) atoms. The van der Waals surface area contributed by atoms with Gasteiger partial charge in [-0.25, -0.2) is 0 Å². The molecule has 0 bridgehead atoms. The molecular weight excluding hydrogens is 242 g/mol. The Morgan fingerprint density at radius 1 is 1.47 bits per heavy atom. The van der Waals surface area contributed by atoms with Crippen LogP contribution in [0.3, 0.4) is 0 Å². The highest BCUT2D eigenvalue weighted by Gasteiger charge is 2.28. The third-order valence-electron chi connectivity index (χ3n) is 3.43. The summed E-state index contributed by atoms with van der Waals surface area (Å²) in [6.45, 7) is 4.12. The van der Waals surface area contributed by atoms with Crippen molar-refractivity contribution in [2.45, 2.75) is 19.8 Å². The van der Waals surface area contributed by atoms with Crippen LogP contribution in [-0.4, -0.2) is 42.2 Å². The van der Waals surface area contributed by atoms with E-state index in [1.807, 2.05) is 36.1 Å². The fourth-order valence-corrected chi connectivity index (χ4v) is 2.41. The largest absolute Gasteiger partial charge is 0.494 e. The van der Waals surface area contributed by atoms with Gasteiger partial charge in [0.1, 0.15) is 5.75 Å². The molecule has 1 aliphatic heterocycles. The number of benzene rings is 1. The van der Waals surface area contributed by atoms with Crippen LogP contribution in [0.4, 0.5) is 0 Å². The van der Waals surface area contributed by atoms with E-state index in [0.29, 0.717) is 26.1 Å². The van der Waals surface area contributed by atoms with Crippen LogP contribution in [0.2, 0.25) is 0 Å². The van der Waals surface area contributed by atoms with Gasteiger partial charge in [-0.3, -0.25) is 4.79 Å². The Balaban J connectivity index is 1.88. The van der Waals surface area contributed by atoms with Gasteiger partial charge in [0.2, 0.25) is 5.91 Å². The molecule has 0 saturated carbocycles. The molecule has 1 saturated heterocycles. The Morgan fingerprint density at radius 2 is 2.32 bits per heavy atom. The van der Waals surface area contributed by atoms with Crippen molar-refractivity contribution >= 4 is 5.91 Å².